The number of para-hydroxylation sites is 1. The fourth-order valence-corrected chi connectivity index (χ4v) is 2.43. The number of anilines is 2. The van der Waals surface area contributed by atoms with Crippen LogP contribution >= 0.6 is 0 Å². The van der Waals surface area contributed by atoms with Crippen LogP contribution in [0.3, 0.4) is 0 Å². The number of nitrogens with zero attached hydrogens (tertiary/aromatic N) is 1. The molecule has 122 valence electrons. The smallest absolute Gasteiger partial charge is 0.254 e. The fraction of sp³-hybridized carbons (Fsp3) is 0.176. The maximum atomic E-state index is 12.2. The number of carbonyl (C=O) groups excluding carboxylic acids is 3. The minimum atomic E-state index is -0.764. The second-order valence-corrected chi connectivity index (χ2v) is 5.36. The standard InChI is InChI=1S/C17H16N4O3/c22-15(21-14-7-3-4-10-18-14)9-8-13-17(24)19-12-6-2-1-5-11(12)16(23)20-13/h1-7,10,13H,8-9H2,(H,19,24)(H,20,23)(H,18,21,22). The zero-order chi connectivity index (χ0) is 16.9. The highest BCUT2D eigenvalue weighted by Crippen LogP contribution is 2.19. The van der Waals surface area contributed by atoms with Gasteiger partial charge in [0.15, 0.2) is 0 Å². The molecule has 24 heavy (non-hydrogen) atoms. The van der Waals surface area contributed by atoms with Crippen LogP contribution in [-0.2, 0) is 9.59 Å². The number of nitrogens with one attached hydrogen (secondary N) is 3. The van der Waals surface area contributed by atoms with Crippen LogP contribution in [-0.4, -0.2) is 28.7 Å². The summed E-state index contributed by atoms with van der Waals surface area (Å²) in [6.45, 7) is 0. The van der Waals surface area contributed by atoms with Crippen molar-refractivity contribution in [1.29, 1.82) is 0 Å². The molecule has 2 heterocycles. The molecule has 7 heteroatoms. The third-order valence-electron chi connectivity index (χ3n) is 3.64. The zero-order valence-corrected chi connectivity index (χ0v) is 12.8. The summed E-state index contributed by atoms with van der Waals surface area (Å²) < 4.78 is 0. The normalized spacial score (nSPS) is 16.4. The number of amides is 3. The lowest BCUT2D eigenvalue weighted by Gasteiger charge is -2.14. The van der Waals surface area contributed by atoms with E-state index in [0.717, 1.165) is 0 Å². The van der Waals surface area contributed by atoms with Gasteiger partial charge in [0.2, 0.25) is 11.8 Å². The van der Waals surface area contributed by atoms with Gasteiger partial charge < -0.3 is 16.0 Å². The van der Waals surface area contributed by atoms with Crippen LogP contribution in [0.4, 0.5) is 11.5 Å². The molecule has 1 aliphatic rings. The van der Waals surface area contributed by atoms with Crippen LogP contribution in [0, 0.1) is 0 Å². The van der Waals surface area contributed by atoms with Crippen LogP contribution in [0.25, 0.3) is 0 Å². The molecular weight excluding hydrogens is 308 g/mol. The van der Waals surface area contributed by atoms with Crippen molar-refractivity contribution in [3.63, 3.8) is 0 Å². The molecule has 1 aromatic heterocycles. The van der Waals surface area contributed by atoms with Gasteiger partial charge in [-0.1, -0.05) is 18.2 Å². The Labute approximate surface area is 138 Å². The summed E-state index contributed by atoms with van der Waals surface area (Å²) in [5, 5.41) is 8.01. The molecule has 3 rings (SSSR count). The van der Waals surface area contributed by atoms with Crippen molar-refractivity contribution < 1.29 is 14.4 Å². The largest absolute Gasteiger partial charge is 0.340 e. The van der Waals surface area contributed by atoms with Crippen molar-refractivity contribution in [1.82, 2.24) is 10.3 Å². The second kappa shape index (κ2) is 6.91. The third kappa shape index (κ3) is 3.57. The maximum absolute atomic E-state index is 12.2. The lowest BCUT2D eigenvalue weighted by Crippen LogP contribution is -2.41. The molecule has 1 atom stereocenters. The molecule has 0 saturated carbocycles. The number of fused-ring (bicyclic) bond motifs is 1. The van der Waals surface area contributed by atoms with E-state index in [-0.39, 0.29) is 30.6 Å². The van der Waals surface area contributed by atoms with Gasteiger partial charge in [-0.25, -0.2) is 4.98 Å². The van der Waals surface area contributed by atoms with E-state index in [1.54, 1.807) is 48.7 Å². The van der Waals surface area contributed by atoms with Gasteiger partial charge in [-0.2, -0.15) is 0 Å². The molecule has 0 spiro atoms. The molecule has 2 aromatic rings. The number of carbonyl (C=O) groups is 3. The predicted octanol–water partition coefficient (Wildman–Crippen LogP) is 1.55. The fourth-order valence-electron chi connectivity index (χ4n) is 2.43. The molecule has 7 nitrogen and oxygen atoms in total. The molecule has 0 bridgehead atoms. The number of hydrogen-bond donors (Lipinski definition) is 3. The van der Waals surface area contributed by atoms with Crippen molar-refractivity contribution in [2.24, 2.45) is 0 Å². The summed E-state index contributed by atoms with van der Waals surface area (Å²) in [7, 11) is 0. The Morgan fingerprint density at radius 3 is 2.71 bits per heavy atom. The van der Waals surface area contributed by atoms with E-state index in [2.05, 4.69) is 20.9 Å². The third-order valence-corrected chi connectivity index (χ3v) is 3.64. The summed E-state index contributed by atoms with van der Waals surface area (Å²) >= 11 is 0. The Balaban J connectivity index is 1.61. The van der Waals surface area contributed by atoms with Crippen molar-refractivity contribution in [3.05, 3.63) is 54.2 Å². The van der Waals surface area contributed by atoms with Gasteiger partial charge in [0.1, 0.15) is 11.9 Å². The van der Waals surface area contributed by atoms with Crippen LogP contribution < -0.4 is 16.0 Å². The van der Waals surface area contributed by atoms with Gasteiger partial charge in [0.25, 0.3) is 5.91 Å². The average molecular weight is 324 g/mol. The first-order valence-corrected chi connectivity index (χ1v) is 7.55. The van der Waals surface area contributed by atoms with Gasteiger partial charge in [-0.05, 0) is 30.7 Å². The van der Waals surface area contributed by atoms with E-state index in [1.807, 2.05) is 0 Å². The van der Waals surface area contributed by atoms with Gasteiger partial charge in [0.05, 0.1) is 11.3 Å². The quantitative estimate of drug-likeness (QED) is 0.794. The van der Waals surface area contributed by atoms with E-state index in [1.165, 1.54) is 0 Å². The number of benzene rings is 1. The van der Waals surface area contributed by atoms with Crippen molar-refractivity contribution in [3.8, 4) is 0 Å². The monoisotopic (exact) mass is 324 g/mol. The summed E-state index contributed by atoms with van der Waals surface area (Å²) in [5.74, 6) is -0.486. The SMILES string of the molecule is O=C(CCC1NC(=O)c2ccccc2NC1=O)Nc1ccccn1. The van der Waals surface area contributed by atoms with Crippen molar-refractivity contribution in [2.75, 3.05) is 10.6 Å². The first kappa shape index (κ1) is 15.7. The Morgan fingerprint density at radius 1 is 1.12 bits per heavy atom. The zero-order valence-electron chi connectivity index (χ0n) is 12.8. The minimum Gasteiger partial charge on any atom is -0.340 e. The molecule has 3 amide bonds. The average Bonchev–Trinajstić information content (AvgIpc) is 2.71. The molecule has 0 radical (unpaired) electrons. The maximum Gasteiger partial charge on any atom is 0.254 e. The van der Waals surface area contributed by atoms with Crippen LogP contribution in [0.2, 0.25) is 0 Å². The highest BCUT2D eigenvalue weighted by molar-refractivity contribution is 6.09. The van der Waals surface area contributed by atoms with Gasteiger partial charge in [-0.3, -0.25) is 14.4 Å². The van der Waals surface area contributed by atoms with E-state index in [4.69, 9.17) is 0 Å². The summed E-state index contributed by atoms with van der Waals surface area (Å²) in [6, 6.07) is 11.2. The van der Waals surface area contributed by atoms with E-state index < -0.39 is 6.04 Å². The Morgan fingerprint density at radius 2 is 1.92 bits per heavy atom. The van der Waals surface area contributed by atoms with Crippen molar-refractivity contribution >= 4 is 29.2 Å². The lowest BCUT2D eigenvalue weighted by molar-refractivity contribution is -0.118. The molecule has 0 fully saturated rings. The minimum absolute atomic E-state index is 0.0886. The molecule has 3 N–H and O–H groups in total. The van der Waals surface area contributed by atoms with Crippen LogP contribution in [0.5, 0.6) is 0 Å². The number of hydrogen-bond acceptors (Lipinski definition) is 4. The molecule has 1 aliphatic heterocycles. The van der Waals surface area contributed by atoms with E-state index in [0.29, 0.717) is 17.1 Å². The van der Waals surface area contributed by atoms with E-state index >= 15 is 0 Å². The highest BCUT2D eigenvalue weighted by atomic mass is 16.2. The Bertz CT molecular complexity index is 776. The second-order valence-electron chi connectivity index (χ2n) is 5.36. The summed E-state index contributed by atoms with van der Waals surface area (Å²) in [6.07, 6.45) is 1.86. The molecular formula is C17H16N4O3. The van der Waals surface area contributed by atoms with Crippen molar-refractivity contribution in [2.45, 2.75) is 18.9 Å². The molecule has 0 saturated heterocycles. The molecule has 1 aromatic carbocycles. The topological polar surface area (TPSA) is 100 Å². The van der Waals surface area contributed by atoms with Gasteiger partial charge >= 0.3 is 0 Å². The molecule has 0 aliphatic carbocycles. The first-order chi connectivity index (χ1) is 11.6. The van der Waals surface area contributed by atoms with Crippen LogP contribution in [0.1, 0.15) is 23.2 Å². The van der Waals surface area contributed by atoms with Gasteiger partial charge in [0, 0.05) is 12.6 Å². The number of pyridine rings is 1. The first-order valence-electron chi connectivity index (χ1n) is 7.55. The van der Waals surface area contributed by atoms with Gasteiger partial charge in [-0.15, -0.1) is 0 Å². The summed E-state index contributed by atoms with van der Waals surface area (Å²) in [5.41, 5.74) is 0.881. The number of aromatic nitrogens is 1. The predicted molar refractivity (Wildman–Crippen MR) is 88.4 cm³/mol. The lowest BCUT2D eigenvalue weighted by atomic mass is 10.1. The summed E-state index contributed by atoms with van der Waals surface area (Å²) in [4.78, 5) is 40.4. The molecule has 1 unspecified atom stereocenters. The highest BCUT2D eigenvalue weighted by Gasteiger charge is 2.27. The Hall–Kier alpha value is -3.22. The number of rotatable bonds is 4. The van der Waals surface area contributed by atoms with Crippen LogP contribution in [0.15, 0.2) is 48.7 Å². The Kier molecular flexibility index (Phi) is 4.51. The van der Waals surface area contributed by atoms with E-state index in [9.17, 15) is 14.4 Å².